The Balaban J connectivity index is 1.96. The lowest BCUT2D eigenvalue weighted by molar-refractivity contribution is -0.304. The molecule has 0 aromatic rings. The molecule has 0 bridgehead atoms. The zero-order valence-corrected chi connectivity index (χ0v) is 33.6. The van der Waals surface area contributed by atoms with Gasteiger partial charge >= 0.3 is 5.97 Å². The third-order valence-corrected chi connectivity index (χ3v) is 11.2. The first-order chi connectivity index (χ1) is 25.5. The molecular weight excluding hydrogens is 706 g/mol. The van der Waals surface area contributed by atoms with Gasteiger partial charge in [-0.05, 0) is 66.1 Å². The molecule has 15 nitrogen and oxygen atoms in total. The number of likely N-dealkylation sites (N-methyl/N-ethyl adjacent to an activating group) is 1. The van der Waals surface area contributed by atoms with E-state index in [4.69, 9.17) is 33.2 Å². The molecule has 0 spiro atoms. The third kappa shape index (κ3) is 11.8. The average Bonchev–Trinajstić information content (AvgIpc) is 3.12. The Hall–Kier alpha value is -1.86. The topological polar surface area (TPSA) is 203 Å². The largest absolute Gasteiger partial charge is 0.462 e. The summed E-state index contributed by atoms with van der Waals surface area (Å²) in [5.41, 5.74) is 0.717. The lowest BCUT2D eigenvalue weighted by Crippen LogP contribution is -2.63. The van der Waals surface area contributed by atoms with Gasteiger partial charge in [0.05, 0.1) is 49.6 Å². The van der Waals surface area contributed by atoms with Crippen molar-refractivity contribution in [2.24, 2.45) is 23.7 Å². The van der Waals surface area contributed by atoms with Gasteiger partial charge in [0.1, 0.15) is 30.5 Å². The first-order valence-corrected chi connectivity index (χ1v) is 19.2. The number of ketones is 1. The summed E-state index contributed by atoms with van der Waals surface area (Å²) in [5.74, 6) is -3.09. The summed E-state index contributed by atoms with van der Waals surface area (Å²) in [6.45, 7) is 10.3. The number of nitrogens with zero attached hydrogens (tertiary/aromatic N) is 1. The van der Waals surface area contributed by atoms with E-state index in [-0.39, 0.29) is 38.3 Å². The molecule has 15 heteroatoms. The molecule has 312 valence electrons. The van der Waals surface area contributed by atoms with Crippen molar-refractivity contribution in [2.45, 2.75) is 147 Å². The van der Waals surface area contributed by atoms with E-state index in [9.17, 15) is 35.1 Å². The molecule has 3 aliphatic heterocycles. The molecule has 3 rings (SSSR count). The van der Waals surface area contributed by atoms with E-state index in [1.54, 1.807) is 52.8 Å². The zero-order valence-electron chi connectivity index (χ0n) is 33.6. The van der Waals surface area contributed by atoms with Gasteiger partial charge in [-0.25, -0.2) is 0 Å². The molecule has 0 aromatic carbocycles. The number of ether oxygens (including phenoxy) is 7. The molecule has 0 radical (unpaired) electrons. The third-order valence-electron chi connectivity index (χ3n) is 11.2. The maximum Gasteiger partial charge on any atom is 0.308 e. The summed E-state index contributed by atoms with van der Waals surface area (Å²) < 4.78 is 41.7. The van der Waals surface area contributed by atoms with E-state index >= 15 is 0 Å². The highest BCUT2D eigenvalue weighted by Gasteiger charge is 2.48. The van der Waals surface area contributed by atoms with E-state index in [1.807, 2.05) is 19.9 Å². The van der Waals surface area contributed by atoms with E-state index in [0.29, 0.717) is 12.0 Å². The second kappa shape index (κ2) is 21.6. The van der Waals surface area contributed by atoms with Crippen LogP contribution < -0.4 is 0 Å². The van der Waals surface area contributed by atoms with Crippen LogP contribution in [0.5, 0.6) is 0 Å². The number of esters is 1. The second-order valence-electron chi connectivity index (χ2n) is 15.5. The molecule has 2 unspecified atom stereocenters. The first-order valence-electron chi connectivity index (χ1n) is 19.2. The Morgan fingerprint density at radius 1 is 0.870 bits per heavy atom. The van der Waals surface area contributed by atoms with Gasteiger partial charge in [0.15, 0.2) is 18.4 Å². The van der Waals surface area contributed by atoms with Crippen LogP contribution in [-0.4, -0.2) is 163 Å². The Kier molecular flexibility index (Phi) is 18.6. The minimum Gasteiger partial charge on any atom is -0.462 e. The van der Waals surface area contributed by atoms with Crippen LogP contribution in [-0.2, 0) is 42.7 Å². The van der Waals surface area contributed by atoms with Crippen molar-refractivity contribution < 1.29 is 68.3 Å². The first kappa shape index (κ1) is 46.5. The quantitative estimate of drug-likeness (QED) is 0.188. The van der Waals surface area contributed by atoms with E-state index in [0.717, 1.165) is 0 Å². The van der Waals surface area contributed by atoms with Crippen LogP contribution in [0.2, 0.25) is 0 Å². The fraction of sp³-hybridized carbons (Fsp3) is 0.846. The predicted molar refractivity (Wildman–Crippen MR) is 197 cm³/mol. The number of carbonyl (C=O) groups excluding carboxylic acids is 2. The lowest BCUT2D eigenvalue weighted by Gasteiger charge is -2.46. The molecule has 2 saturated heterocycles. The van der Waals surface area contributed by atoms with Gasteiger partial charge < -0.3 is 63.6 Å². The number of methoxy groups -OCH3 is 2. The number of allylic oxidation sites excluding steroid dienone is 3. The zero-order chi connectivity index (χ0) is 40.4. The van der Waals surface area contributed by atoms with Crippen molar-refractivity contribution in [3.8, 4) is 0 Å². The molecule has 0 aliphatic carbocycles. The normalized spacial score (nSPS) is 43.7. The molecule has 0 amide bonds. The van der Waals surface area contributed by atoms with Crippen molar-refractivity contribution in [1.82, 2.24) is 4.90 Å². The van der Waals surface area contributed by atoms with Crippen LogP contribution in [0.1, 0.15) is 67.2 Å². The van der Waals surface area contributed by atoms with Crippen molar-refractivity contribution in [3.05, 3.63) is 23.8 Å². The molecule has 17 atom stereocenters. The molecule has 54 heavy (non-hydrogen) atoms. The number of hydrogen-bond donors (Lipinski definition) is 5. The molecule has 3 aliphatic rings. The molecule has 3 heterocycles. The number of rotatable bonds is 11. The second-order valence-corrected chi connectivity index (χ2v) is 15.5. The van der Waals surface area contributed by atoms with Crippen molar-refractivity contribution in [1.29, 1.82) is 0 Å². The number of aliphatic hydroxyl groups excluding tert-OH is 5. The monoisotopic (exact) mass is 773 g/mol. The Bertz CT molecular complexity index is 1230. The van der Waals surface area contributed by atoms with Gasteiger partial charge in [-0.15, -0.1) is 0 Å². The fourth-order valence-corrected chi connectivity index (χ4v) is 7.85. The molecular formula is C39H67NO14. The number of cyclic esters (lactones) is 1. The summed E-state index contributed by atoms with van der Waals surface area (Å²) >= 11 is 0. The summed E-state index contributed by atoms with van der Waals surface area (Å²) in [6, 6.07) is -0.720. The van der Waals surface area contributed by atoms with Crippen LogP contribution in [0.15, 0.2) is 23.8 Å². The predicted octanol–water partition coefficient (Wildman–Crippen LogP) is 1.36. The standard InChI is InChI=1S/C39H67NO14/c1-11-29-26(19-50-39-37(49-10)36(48-9)33(46)24(6)52-39)16-20(2)12-13-27(42)21(3)17-25(14-15-41)35(22(4)28(43)18-30(44)53-29)54-38-34(47)31(40(7)8)32(45)23(5)51-38/h12-13,16,21-26,28-29,31-39,41,43,45-47H,11,14-15,17-19H2,1-10H3/b13-12-,20-16+/t21-,22+,23-,24-,25+,26-,28-,29?,31+,32-,33-,34-,35?,36-,37-,38+,39-/m1/s1. The summed E-state index contributed by atoms with van der Waals surface area (Å²) in [7, 11) is 6.40. The van der Waals surface area contributed by atoms with Gasteiger partial charge in [0.2, 0.25) is 0 Å². The number of hydrogen-bond acceptors (Lipinski definition) is 15. The highest BCUT2D eigenvalue weighted by molar-refractivity contribution is 5.91. The van der Waals surface area contributed by atoms with Crippen LogP contribution in [0.4, 0.5) is 0 Å². The minimum atomic E-state index is -1.28. The van der Waals surface area contributed by atoms with Crippen LogP contribution >= 0.6 is 0 Å². The van der Waals surface area contributed by atoms with Crippen LogP contribution in [0.3, 0.4) is 0 Å². The minimum absolute atomic E-state index is 0.0214. The molecule has 2 fully saturated rings. The van der Waals surface area contributed by atoms with E-state index in [1.165, 1.54) is 20.3 Å². The van der Waals surface area contributed by atoms with E-state index in [2.05, 4.69) is 0 Å². The van der Waals surface area contributed by atoms with Crippen LogP contribution in [0.25, 0.3) is 0 Å². The highest BCUT2D eigenvalue weighted by Crippen LogP contribution is 2.35. The molecule has 5 N–H and O–H groups in total. The Morgan fingerprint density at radius 3 is 2.09 bits per heavy atom. The van der Waals surface area contributed by atoms with Gasteiger partial charge in [-0.1, -0.05) is 38.5 Å². The van der Waals surface area contributed by atoms with Gasteiger partial charge in [0, 0.05) is 38.6 Å². The van der Waals surface area contributed by atoms with Crippen molar-refractivity contribution >= 4 is 11.8 Å². The maximum atomic E-state index is 13.6. The average molecular weight is 774 g/mol. The Labute approximate surface area is 320 Å². The highest BCUT2D eigenvalue weighted by atomic mass is 16.7. The summed E-state index contributed by atoms with van der Waals surface area (Å²) in [6.07, 6.45) is -5.44. The van der Waals surface area contributed by atoms with Crippen molar-refractivity contribution in [2.75, 3.05) is 41.5 Å². The van der Waals surface area contributed by atoms with Gasteiger partial charge in [-0.2, -0.15) is 0 Å². The Morgan fingerprint density at radius 2 is 1.50 bits per heavy atom. The smallest absolute Gasteiger partial charge is 0.308 e. The maximum absolute atomic E-state index is 13.6. The summed E-state index contributed by atoms with van der Waals surface area (Å²) in [5, 5.41) is 54.4. The fourth-order valence-electron chi connectivity index (χ4n) is 7.85. The van der Waals surface area contributed by atoms with Crippen molar-refractivity contribution in [3.63, 3.8) is 0 Å². The van der Waals surface area contributed by atoms with Gasteiger partial charge in [0.25, 0.3) is 0 Å². The molecule has 0 saturated carbocycles. The summed E-state index contributed by atoms with van der Waals surface area (Å²) in [4.78, 5) is 28.8. The number of aliphatic hydroxyl groups is 5. The molecule has 0 aromatic heterocycles. The van der Waals surface area contributed by atoms with Crippen LogP contribution in [0, 0.1) is 23.7 Å². The van der Waals surface area contributed by atoms with E-state index < -0.39 is 109 Å². The van der Waals surface area contributed by atoms with Gasteiger partial charge in [-0.3, -0.25) is 9.59 Å². The SMILES string of the molecule is CCC1OC(=O)C[C@@H](O)[C@H](C)C(O[C@@H]2O[C@H](C)[C@@H](O)[C@H](N(C)C)[C@H]2O)[C@@H](CCO)C[C@@H](C)C(=O)/C=C\C(C)=C\[C@@H]1CO[C@@H]1O[C@H](C)[C@@H](O)[C@@H](OC)[C@H]1OC. The number of carbonyl (C=O) groups is 2. The lowest BCUT2D eigenvalue weighted by atomic mass is 9.79.